The number of nitrogens with zero attached hydrogens (tertiary/aromatic N) is 1. The molecular weight excluding hydrogens is 266 g/mol. The Labute approximate surface area is 115 Å². The molecule has 0 atom stereocenters. The monoisotopic (exact) mass is 281 g/mol. The Balaban J connectivity index is 2.23. The van der Waals surface area contributed by atoms with Crippen molar-refractivity contribution < 1.29 is 24.3 Å². The molecule has 0 spiro atoms. The van der Waals surface area contributed by atoms with E-state index in [0.29, 0.717) is 31.1 Å². The largest absolute Gasteiger partial charge is 0.426 e. The SMILES string of the molecule is O=Cc1ccccc1OC(=O)CCCCCO[N+](=O)[O-]. The molecule has 7 nitrogen and oxygen atoms in total. The average molecular weight is 281 g/mol. The Morgan fingerprint density at radius 3 is 2.70 bits per heavy atom. The molecule has 1 aromatic rings. The maximum Gasteiger partial charge on any atom is 0.311 e. The highest BCUT2D eigenvalue weighted by Crippen LogP contribution is 2.16. The first-order chi connectivity index (χ1) is 9.63. The van der Waals surface area contributed by atoms with Crippen LogP contribution in [0.4, 0.5) is 0 Å². The van der Waals surface area contributed by atoms with Crippen LogP contribution < -0.4 is 4.74 Å². The number of hydrogen-bond donors (Lipinski definition) is 0. The second-order valence-electron chi connectivity index (χ2n) is 4.00. The van der Waals surface area contributed by atoms with E-state index in [9.17, 15) is 19.7 Å². The molecule has 0 aliphatic heterocycles. The van der Waals surface area contributed by atoms with Crippen LogP contribution in [0.2, 0.25) is 0 Å². The molecule has 0 aromatic heterocycles. The Morgan fingerprint density at radius 1 is 1.25 bits per heavy atom. The van der Waals surface area contributed by atoms with Crippen LogP contribution >= 0.6 is 0 Å². The molecule has 0 saturated heterocycles. The molecule has 1 rings (SSSR count). The maximum atomic E-state index is 11.5. The lowest BCUT2D eigenvalue weighted by molar-refractivity contribution is -0.757. The van der Waals surface area contributed by atoms with Crippen molar-refractivity contribution in [3.63, 3.8) is 0 Å². The van der Waals surface area contributed by atoms with Crippen LogP contribution in [0, 0.1) is 10.1 Å². The van der Waals surface area contributed by atoms with E-state index in [1.807, 2.05) is 0 Å². The van der Waals surface area contributed by atoms with Crippen LogP contribution in [0.1, 0.15) is 36.0 Å². The van der Waals surface area contributed by atoms with Gasteiger partial charge in [-0.05, 0) is 25.0 Å². The van der Waals surface area contributed by atoms with Crippen LogP contribution in [0.5, 0.6) is 5.75 Å². The van der Waals surface area contributed by atoms with Gasteiger partial charge >= 0.3 is 5.97 Å². The van der Waals surface area contributed by atoms with Gasteiger partial charge in [-0.2, -0.15) is 0 Å². The van der Waals surface area contributed by atoms with Crippen LogP contribution in [-0.4, -0.2) is 23.9 Å². The van der Waals surface area contributed by atoms with Crippen LogP contribution in [0.25, 0.3) is 0 Å². The number of benzene rings is 1. The first kappa shape index (κ1) is 15.6. The highest BCUT2D eigenvalue weighted by atomic mass is 16.9. The van der Waals surface area contributed by atoms with Gasteiger partial charge in [0.2, 0.25) is 0 Å². The second-order valence-corrected chi connectivity index (χ2v) is 4.00. The van der Waals surface area contributed by atoms with E-state index in [1.54, 1.807) is 24.3 Å². The molecule has 0 unspecified atom stereocenters. The summed E-state index contributed by atoms with van der Waals surface area (Å²) in [5, 5.41) is 9.04. The average Bonchev–Trinajstić information content (AvgIpc) is 2.43. The minimum Gasteiger partial charge on any atom is -0.426 e. The molecule has 0 radical (unpaired) electrons. The zero-order valence-electron chi connectivity index (χ0n) is 10.8. The van der Waals surface area contributed by atoms with Gasteiger partial charge in [0, 0.05) is 6.42 Å². The number of hydrogen-bond acceptors (Lipinski definition) is 6. The summed E-state index contributed by atoms with van der Waals surface area (Å²) in [6.45, 7) is 0.0238. The fourth-order valence-electron chi connectivity index (χ4n) is 1.53. The Morgan fingerprint density at radius 2 is 2.00 bits per heavy atom. The lowest BCUT2D eigenvalue weighted by Gasteiger charge is -2.06. The van der Waals surface area contributed by atoms with E-state index in [-0.39, 0.29) is 18.8 Å². The van der Waals surface area contributed by atoms with Crippen LogP contribution in [0.3, 0.4) is 0 Å². The Bertz CT molecular complexity index is 474. The Hall–Kier alpha value is -2.44. The van der Waals surface area contributed by atoms with E-state index in [0.717, 1.165) is 0 Å². The van der Waals surface area contributed by atoms with Gasteiger partial charge in [0.05, 0.1) is 12.2 Å². The predicted octanol–water partition coefficient (Wildman–Crippen LogP) is 2.17. The summed E-state index contributed by atoms with van der Waals surface area (Å²) in [6, 6.07) is 6.46. The zero-order chi connectivity index (χ0) is 14.8. The van der Waals surface area contributed by atoms with Gasteiger partial charge in [-0.1, -0.05) is 18.6 Å². The van der Waals surface area contributed by atoms with Crippen molar-refractivity contribution >= 4 is 12.3 Å². The molecule has 108 valence electrons. The lowest BCUT2D eigenvalue weighted by Crippen LogP contribution is -2.09. The van der Waals surface area contributed by atoms with E-state index in [4.69, 9.17) is 4.74 Å². The third-order valence-corrected chi connectivity index (χ3v) is 2.49. The molecule has 0 bridgehead atoms. The number of carbonyl (C=O) groups excluding carboxylic acids is 2. The van der Waals surface area contributed by atoms with Crippen molar-refractivity contribution in [1.82, 2.24) is 0 Å². The molecule has 1 aromatic carbocycles. The summed E-state index contributed by atoms with van der Waals surface area (Å²) in [7, 11) is 0. The number of rotatable bonds is 9. The second kappa shape index (κ2) is 8.63. The lowest BCUT2D eigenvalue weighted by atomic mass is 10.2. The van der Waals surface area contributed by atoms with Crippen LogP contribution in [-0.2, 0) is 9.63 Å². The minimum absolute atomic E-state index is 0.0238. The van der Waals surface area contributed by atoms with Crippen molar-refractivity contribution in [2.75, 3.05) is 6.61 Å². The Kier molecular flexibility index (Phi) is 6.74. The van der Waals surface area contributed by atoms with Crippen molar-refractivity contribution in [2.45, 2.75) is 25.7 Å². The molecule has 0 N–H and O–H groups in total. The van der Waals surface area contributed by atoms with Gasteiger partial charge in [0.1, 0.15) is 5.75 Å². The molecule has 0 aliphatic carbocycles. The molecule has 20 heavy (non-hydrogen) atoms. The molecule has 0 amide bonds. The molecule has 0 saturated carbocycles. The first-order valence-electron chi connectivity index (χ1n) is 6.15. The number of ether oxygens (including phenoxy) is 1. The third kappa shape index (κ3) is 5.94. The highest BCUT2D eigenvalue weighted by molar-refractivity contribution is 5.82. The van der Waals surface area contributed by atoms with Gasteiger partial charge in [0.15, 0.2) is 6.29 Å². The quantitative estimate of drug-likeness (QED) is 0.172. The molecule has 0 aliphatic rings. The fraction of sp³-hybridized carbons (Fsp3) is 0.385. The topological polar surface area (TPSA) is 95.7 Å². The van der Waals surface area contributed by atoms with Gasteiger partial charge in [-0.15, -0.1) is 10.1 Å². The maximum absolute atomic E-state index is 11.5. The summed E-state index contributed by atoms with van der Waals surface area (Å²) >= 11 is 0. The number of esters is 1. The number of aldehydes is 1. The van der Waals surface area contributed by atoms with Crippen LogP contribution in [0.15, 0.2) is 24.3 Å². The van der Waals surface area contributed by atoms with Gasteiger partial charge < -0.3 is 9.57 Å². The predicted molar refractivity (Wildman–Crippen MR) is 68.9 cm³/mol. The molecule has 7 heteroatoms. The standard InChI is InChI=1S/C13H15NO6/c15-10-11-6-3-4-7-12(11)20-13(16)8-2-1-5-9-19-14(17)18/h3-4,6-7,10H,1-2,5,8-9H2. The van der Waals surface area contributed by atoms with Crippen molar-refractivity contribution in [3.8, 4) is 5.75 Å². The summed E-state index contributed by atoms with van der Waals surface area (Å²) < 4.78 is 5.07. The summed E-state index contributed by atoms with van der Waals surface area (Å²) in [6.07, 6.45) is 2.48. The van der Waals surface area contributed by atoms with E-state index >= 15 is 0 Å². The van der Waals surface area contributed by atoms with Gasteiger partial charge in [-0.3, -0.25) is 9.59 Å². The van der Waals surface area contributed by atoms with Crippen molar-refractivity contribution in [1.29, 1.82) is 0 Å². The molecule has 0 fully saturated rings. The normalized spacial score (nSPS) is 9.80. The third-order valence-electron chi connectivity index (χ3n) is 2.49. The number of unbranched alkanes of at least 4 members (excludes halogenated alkanes) is 2. The van der Waals surface area contributed by atoms with E-state index < -0.39 is 11.1 Å². The number of para-hydroxylation sites is 1. The molecule has 0 heterocycles. The van der Waals surface area contributed by atoms with Gasteiger partial charge in [-0.25, -0.2) is 0 Å². The van der Waals surface area contributed by atoms with Crippen molar-refractivity contribution in [3.05, 3.63) is 39.9 Å². The zero-order valence-corrected chi connectivity index (χ0v) is 10.8. The first-order valence-corrected chi connectivity index (χ1v) is 6.15. The minimum atomic E-state index is -0.843. The highest BCUT2D eigenvalue weighted by Gasteiger charge is 2.08. The smallest absolute Gasteiger partial charge is 0.311 e. The van der Waals surface area contributed by atoms with Crippen molar-refractivity contribution in [2.24, 2.45) is 0 Å². The summed E-state index contributed by atoms with van der Waals surface area (Å²) in [5.41, 5.74) is 0.320. The number of carbonyl (C=O) groups is 2. The molecular formula is C13H15NO6. The fourth-order valence-corrected chi connectivity index (χ4v) is 1.53. The summed E-state index contributed by atoms with van der Waals surface area (Å²) in [5.74, 6) is -0.196. The van der Waals surface area contributed by atoms with E-state index in [2.05, 4.69) is 4.84 Å². The summed E-state index contributed by atoms with van der Waals surface area (Å²) in [4.78, 5) is 36.3. The van der Waals surface area contributed by atoms with E-state index in [1.165, 1.54) is 0 Å². The van der Waals surface area contributed by atoms with Gasteiger partial charge in [0.25, 0.3) is 5.09 Å².